The van der Waals surface area contributed by atoms with Crippen molar-refractivity contribution in [2.75, 3.05) is 39.3 Å². The molecule has 6 heteroatoms. The summed E-state index contributed by atoms with van der Waals surface area (Å²) >= 11 is 3.57. The van der Waals surface area contributed by atoms with Crippen LogP contribution in [0.1, 0.15) is 25.3 Å². The van der Waals surface area contributed by atoms with Crippen LogP contribution in [-0.4, -0.2) is 50.1 Å². The molecule has 0 bridgehead atoms. The van der Waals surface area contributed by atoms with E-state index in [1.165, 1.54) is 5.56 Å². The van der Waals surface area contributed by atoms with E-state index in [-0.39, 0.29) is 24.2 Å². The van der Waals surface area contributed by atoms with Gasteiger partial charge in [0.2, 0.25) is 5.91 Å². The standard InChI is InChI=1S/C18H28BrN3O.ClH/c1-2-15(14-16-6-3-4-7-17(16)19)18(23)21-8-5-11-22-12-9-20-10-13-22;/h3-4,6-7,15,20H,2,5,8-14H2,1H3,(H,21,23);1H. The van der Waals surface area contributed by atoms with E-state index in [9.17, 15) is 4.79 Å². The van der Waals surface area contributed by atoms with Gasteiger partial charge in [-0.25, -0.2) is 0 Å². The monoisotopic (exact) mass is 417 g/mol. The molecule has 136 valence electrons. The summed E-state index contributed by atoms with van der Waals surface area (Å²) in [5.74, 6) is 0.233. The maximum absolute atomic E-state index is 12.4. The van der Waals surface area contributed by atoms with Crippen LogP contribution in [0.2, 0.25) is 0 Å². The Bertz CT molecular complexity index is 495. The van der Waals surface area contributed by atoms with E-state index < -0.39 is 0 Å². The fourth-order valence-corrected chi connectivity index (χ4v) is 3.39. The van der Waals surface area contributed by atoms with E-state index in [0.717, 1.165) is 63.0 Å². The molecule has 1 aliphatic rings. The molecule has 0 aliphatic carbocycles. The van der Waals surface area contributed by atoms with Crippen molar-refractivity contribution in [2.45, 2.75) is 26.2 Å². The summed E-state index contributed by atoms with van der Waals surface area (Å²) in [6.07, 6.45) is 2.68. The number of benzene rings is 1. The number of carbonyl (C=O) groups is 1. The predicted molar refractivity (Wildman–Crippen MR) is 106 cm³/mol. The van der Waals surface area contributed by atoms with Crippen LogP contribution in [-0.2, 0) is 11.2 Å². The van der Waals surface area contributed by atoms with Crippen LogP contribution in [0.5, 0.6) is 0 Å². The van der Waals surface area contributed by atoms with Gasteiger partial charge in [-0.3, -0.25) is 4.79 Å². The van der Waals surface area contributed by atoms with Crippen molar-refractivity contribution in [3.63, 3.8) is 0 Å². The Balaban J connectivity index is 0.00000288. The molecule has 1 aromatic rings. The minimum atomic E-state index is 0. The van der Waals surface area contributed by atoms with Crippen molar-refractivity contribution in [1.82, 2.24) is 15.5 Å². The van der Waals surface area contributed by atoms with E-state index in [1.807, 2.05) is 18.2 Å². The zero-order chi connectivity index (χ0) is 16.5. The first kappa shape index (κ1) is 21.4. The lowest BCUT2D eigenvalue weighted by atomic mass is 9.96. The second kappa shape index (κ2) is 11.9. The van der Waals surface area contributed by atoms with Crippen LogP contribution in [0, 0.1) is 5.92 Å². The molecule has 24 heavy (non-hydrogen) atoms. The summed E-state index contributed by atoms with van der Waals surface area (Å²) in [5.41, 5.74) is 1.20. The Hall–Kier alpha value is -0.620. The summed E-state index contributed by atoms with van der Waals surface area (Å²) < 4.78 is 1.09. The molecule has 1 saturated heterocycles. The van der Waals surface area contributed by atoms with Gasteiger partial charge < -0.3 is 15.5 Å². The number of piperazine rings is 1. The quantitative estimate of drug-likeness (QED) is 0.638. The first-order valence-electron chi connectivity index (χ1n) is 8.65. The highest BCUT2D eigenvalue weighted by Crippen LogP contribution is 2.21. The molecule has 0 spiro atoms. The summed E-state index contributed by atoms with van der Waals surface area (Å²) in [5, 5.41) is 6.47. The molecule has 1 amide bonds. The van der Waals surface area contributed by atoms with Crippen molar-refractivity contribution in [1.29, 1.82) is 0 Å². The Morgan fingerprint density at radius 3 is 2.71 bits per heavy atom. The largest absolute Gasteiger partial charge is 0.356 e. The second-order valence-corrected chi connectivity index (χ2v) is 6.99. The number of carbonyl (C=O) groups excluding carboxylic acids is 1. The van der Waals surface area contributed by atoms with E-state index in [4.69, 9.17) is 0 Å². The number of hydrogen-bond donors (Lipinski definition) is 2. The molecule has 0 radical (unpaired) electrons. The van der Waals surface area contributed by atoms with Gasteiger partial charge in [0.1, 0.15) is 0 Å². The molecule has 2 N–H and O–H groups in total. The van der Waals surface area contributed by atoms with Crippen LogP contribution in [0.15, 0.2) is 28.7 Å². The fourth-order valence-electron chi connectivity index (χ4n) is 2.95. The average molecular weight is 419 g/mol. The predicted octanol–water partition coefficient (Wildman–Crippen LogP) is 2.85. The SMILES string of the molecule is CCC(Cc1ccccc1Br)C(=O)NCCCN1CCNCC1.Cl. The minimum Gasteiger partial charge on any atom is -0.356 e. The third-order valence-corrected chi connectivity index (χ3v) is 5.22. The maximum atomic E-state index is 12.4. The van der Waals surface area contributed by atoms with Crippen LogP contribution < -0.4 is 10.6 Å². The number of hydrogen-bond acceptors (Lipinski definition) is 3. The first-order valence-corrected chi connectivity index (χ1v) is 9.44. The molecule has 2 rings (SSSR count). The molecule has 0 saturated carbocycles. The summed E-state index contributed by atoms with van der Waals surface area (Å²) in [6, 6.07) is 8.15. The van der Waals surface area contributed by atoms with Crippen molar-refractivity contribution >= 4 is 34.2 Å². The van der Waals surface area contributed by atoms with Gasteiger partial charge in [-0.2, -0.15) is 0 Å². The Morgan fingerprint density at radius 2 is 2.04 bits per heavy atom. The van der Waals surface area contributed by atoms with E-state index >= 15 is 0 Å². The average Bonchev–Trinajstić information content (AvgIpc) is 2.59. The number of amides is 1. The molecule has 1 fully saturated rings. The molecule has 1 aromatic carbocycles. The van der Waals surface area contributed by atoms with E-state index in [0.29, 0.717) is 0 Å². The lowest BCUT2D eigenvalue weighted by Gasteiger charge is -2.27. The third kappa shape index (κ3) is 7.09. The highest BCUT2D eigenvalue weighted by Gasteiger charge is 2.17. The van der Waals surface area contributed by atoms with Gasteiger partial charge in [0, 0.05) is 43.1 Å². The maximum Gasteiger partial charge on any atom is 0.223 e. The third-order valence-electron chi connectivity index (χ3n) is 4.45. The highest BCUT2D eigenvalue weighted by molar-refractivity contribution is 9.10. The topological polar surface area (TPSA) is 44.4 Å². The van der Waals surface area contributed by atoms with Crippen LogP contribution in [0.4, 0.5) is 0 Å². The number of halogens is 2. The molecular formula is C18H29BrClN3O. The molecular weight excluding hydrogens is 390 g/mol. The van der Waals surface area contributed by atoms with Crippen molar-refractivity contribution in [3.8, 4) is 0 Å². The van der Waals surface area contributed by atoms with E-state index in [2.05, 4.69) is 44.5 Å². The van der Waals surface area contributed by atoms with E-state index in [1.54, 1.807) is 0 Å². The van der Waals surface area contributed by atoms with Gasteiger partial charge in [0.25, 0.3) is 0 Å². The summed E-state index contributed by atoms with van der Waals surface area (Å²) in [7, 11) is 0. The summed E-state index contributed by atoms with van der Waals surface area (Å²) in [6.45, 7) is 8.33. The molecule has 4 nitrogen and oxygen atoms in total. The molecule has 1 unspecified atom stereocenters. The Labute approximate surface area is 160 Å². The lowest BCUT2D eigenvalue weighted by molar-refractivity contribution is -0.125. The smallest absolute Gasteiger partial charge is 0.223 e. The van der Waals surface area contributed by atoms with Gasteiger partial charge in [-0.05, 0) is 37.4 Å². The zero-order valence-electron chi connectivity index (χ0n) is 14.4. The number of rotatable bonds is 8. The second-order valence-electron chi connectivity index (χ2n) is 6.14. The normalized spacial score (nSPS) is 16.2. The van der Waals surface area contributed by atoms with Gasteiger partial charge >= 0.3 is 0 Å². The van der Waals surface area contributed by atoms with Gasteiger partial charge in [0.05, 0.1) is 0 Å². The Kier molecular flexibility index (Phi) is 10.6. The first-order chi connectivity index (χ1) is 11.2. The highest BCUT2D eigenvalue weighted by atomic mass is 79.9. The number of nitrogens with zero attached hydrogens (tertiary/aromatic N) is 1. The summed E-state index contributed by atoms with van der Waals surface area (Å²) in [4.78, 5) is 14.9. The van der Waals surface area contributed by atoms with Gasteiger partial charge in [-0.1, -0.05) is 41.1 Å². The van der Waals surface area contributed by atoms with Crippen LogP contribution >= 0.6 is 28.3 Å². The fraction of sp³-hybridized carbons (Fsp3) is 0.611. The van der Waals surface area contributed by atoms with Crippen molar-refractivity contribution in [3.05, 3.63) is 34.3 Å². The lowest BCUT2D eigenvalue weighted by Crippen LogP contribution is -2.44. The molecule has 1 atom stereocenters. The zero-order valence-corrected chi connectivity index (χ0v) is 16.8. The number of nitrogens with one attached hydrogen (secondary N) is 2. The molecule has 1 aliphatic heterocycles. The minimum absolute atomic E-state index is 0. The Morgan fingerprint density at radius 1 is 1.33 bits per heavy atom. The van der Waals surface area contributed by atoms with Crippen LogP contribution in [0.25, 0.3) is 0 Å². The van der Waals surface area contributed by atoms with Gasteiger partial charge in [0.15, 0.2) is 0 Å². The molecule has 1 heterocycles. The van der Waals surface area contributed by atoms with Crippen molar-refractivity contribution < 1.29 is 4.79 Å². The molecule has 0 aromatic heterocycles. The van der Waals surface area contributed by atoms with Gasteiger partial charge in [-0.15, -0.1) is 12.4 Å². The van der Waals surface area contributed by atoms with Crippen LogP contribution in [0.3, 0.4) is 0 Å². The van der Waals surface area contributed by atoms with Crippen molar-refractivity contribution in [2.24, 2.45) is 5.92 Å².